The Labute approximate surface area is 167 Å². The van der Waals surface area contributed by atoms with Crippen molar-refractivity contribution in [1.29, 1.82) is 0 Å². The van der Waals surface area contributed by atoms with E-state index in [1.54, 1.807) is 0 Å². The summed E-state index contributed by atoms with van der Waals surface area (Å²) in [7, 11) is 0. The molecule has 0 spiro atoms. The molecule has 146 valence electrons. The predicted octanol–water partition coefficient (Wildman–Crippen LogP) is 3.84. The second-order valence-electron chi connectivity index (χ2n) is 6.74. The van der Waals surface area contributed by atoms with Gasteiger partial charge in [0.05, 0.1) is 5.25 Å². The minimum Gasteiger partial charge on any atom is -0.465 e. The lowest BCUT2D eigenvalue weighted by Gasteiger charge is -2.15. The predicted molar refractivity (Wildman–Crippen MR) is 109 cm³/mol. The molecule has 1 aliphatic rings. The third-order valence-electron chi connectivity index (χ3n) is 4.70. The molecular weight excluding hydrogens is 376 g/mol. The number of carbonyl (C=O) groups excluding carboxylic acids is 2. The van der Waals surface area contributed by atoms with Gasteiger partial charge in [-0.3, -0.25) is 14.9 Å². The van der Waals surface area contributed by atoms with Crippen molar-refractivity contribution in [3.63, 3.8) is 0 Å². The molecule has 0 aliphatic carbocycles. The summed E-state index contributed by atoms with van der Waals surface area (Å²) in [6.45, 7) is 1.96. The largest absolute Gasteiger partial charge is 0.465 e. The summed E-state index contributed by atoms with van der Waals surface area (Å²) in [6.07, 6.45) is 0.869. The van der Waals surface area contributed by atoms with Crippen molar-refractivity contribution in [3.8, 4) is 11.1 Å². The van der Waals surface area contributed by atoms with Gasteiger partial charge in [0.2, 0.25) is 5.91 Å². The highest BCUT2D eigenvalue weighted by atomic mass is 32.2. The number of hydrogen-bond donors (Lipinski definition) is 3. The Hall–Kier alpha value is -2.80. The van der Waals surface area contributed by atoms with E-state index in [0.717, 1.165) is 40.4 Å². The third-order valence-corrected chi connectivity index (χ3v) is 5.69. The average molecular weight is 398 g/mol. The average Bonchev–Trinajstić information content (AvgIpc) is 2.98. The molecule has 3 amide bonds. The quantitative estimate of drug-likeness (QED) is 0.659. The standard InChI is InChI=1S/C21H22N2O4S/c1-2-17(22-20(25)26)11-14-4-3-5-16(10-14)15-8-6-13(7-9-15)12-18-19(24)23-21(27)28-18/h3-10,17-18,22H,2,11-12H2,1H3,(H,25,26)(H,23,24,27). The number of carboxylic acid groups (broad SMARTS) is 1. The van der Waals surface area contributed by atoms with Crippen LogP contribution in [0.25, 0.3) is 11.1 Å². The molecule has 3 rings (SSSR count). The molecule has 1 fully saturated rings. The maximum absolute atomic E-state index is 11.7. The summed E-state index contributed by atoms with van der Waals surface area (Å²) in [5, 5.41) is 13.1. The van der Waals surface area contributed by atoms with Gasteiger partial charge in [0.15, 0.2) is 0 Å². The van der Waals surface area contributed by atoms with Crippen molar-refractivity contribution in [1.82, 2.24) is 10.6 Å². The van der Waals surface area contributed by atoms with E-state index in [9.17, 15) is 14.4 Å². The Morgan fingerprint density at radius 1 is 1.14 bits per heavy atom. The molecule has 1 heterocycles. The highest BCUT2D eigenvalue weighted by molar-refractivity contribution is 8.15. The van der Waals surface area contributed by atoms with E-state index in [1.807, 2.05) is 49.4 Å². The van der Waals surface area contributed by atoms with Gasteiger partial charge in [-0.1, -0.05) is 67.2 Å². The lowest BCUT2D eigenvalue weighted by atomic mass is 9.97. The maximum Gasteiger partial charge on any atom is 0.404 e. The molecule has 0 saturated carbocycles. The smallest absolute Gasteiger partial charge is 0.404 e. The fraction of sp³-hybridized carbons (Fsp3) is 0.286. The summed E-state index contributed by atoms with van der Waals surface area (Å²) < 4.78 is 0. The number of hydrogen-bond acceptors (Lipinski definition) is 4. The van der Waals surface area contributed by atoms with Crippen LogP contribution in [0.3, 0.4) is 0 Å². The van der Waals surface area contributed by atoms with E-state index < -0.39 is 6.09 Å². The Kier molecular flexibility index (Phi) is 6.36. The Bertz CT molecular complexity index is 882. The second-order valence-corrected chi connectivity index (χ2v) is 7.92. The zero-order valence-corrected chi connectivity index (χ0v) is 16.3. The Morgan fingerprint density at radius 3 is 2.50 bits per heavy atom. The van der Waals surface area contributed by atoms with Gasteiger partial charge in [-0.2, -0.15) is 0 Å². The molecule has 0 bridgehead atoms. The van der Waals surface area contributed by atoms with Crippen molar-refractivity contribution in [2.45, 2.75) is 37.5 Å². The molecule has 7 heteroatoms. The van der Waals surface area contributed by atoms with E-state index in [4.69, 9.17) is 5.11 Å². The molecule has 1 saturated heterocycles. The summed E-state index contributed by atoms with van der Waals surface area (Å²) in [5.41, 5.74) is 4.17. The molecule has 2 aromatic carbocycles. The molecule has 2 aromatic rings. The minimum absolute atomic E-state index is 0.118. The van der Waals surface area contributed by atoms with Crippen LogP contribution in [-0.4, -0.2) is 33.6 Å². The number of nitrogens with one attached hydrogen (secondary N) is 2. The first-order chi connectivity index (χ1) is 13.4. The van der Waals surface area contributed by atoms with Crippen LogP contribution in [0.2, 0.25) is 0 Å². The summed E-state index contributed by atoms with van der Waals surface area (Å²) >= 11 is 1.04. The fourth-order valence-electron chi connectivity index (χ4n) is 3.21. The van der Waals surface area contributed by atoms with Gasteiger partial charge in [-0.15, -0.1) is 0 Å². The van der Waals surface area contributed by atoms with Crippen LogP contribution < -0.4 is 10.6 Å². The number of carbonyl (C=O) groups is 3. The van der Waals surface area contributed by atoms with Crippen LogP contribution in [-0.2, 0) is 17.6 Å². The minimum atomic E-state index is -1.01. The van der Waals surface area contributed by atoms with Crippen LogP contribution in [0, 0.1) is 0 Å². The van der Waals surface area contributed by atoms with Gasteiger partial charge in [-0.05, 0) is 41.5 Å². The van der Waals surface area contributed by atoms with Crippen molar-refractivity contribution in [3.05, 3.63) is 59.7 Å². The summed E-state index contributed by atoms with van der Waals surface area (Å²) in [4.78, 5) is 33.9. The molecule has 0 aromatic heterocycles. The van der Waals surface area contributed by atoms with Gasteiger partial charge in [0.1, 0.15) is 0 Å². The SMILES string of the molecule is CCC(Cc1cccc(-c2ccc(CC3SC(=O)NC3=O)cc2)c1)NC(=O)O. The van der Waals surface area contributed by atoms with E-state index in [1.165, 1.54) is 0 Å². The maximum atomic E-state index is 11.7. The van der Waals surface area contributed by atoms with Crippen LogP contribution in [0.4, 0.5) is 9.59 Å². The molecule has 2 atom stereocenters. The molecule has 3 N–H and O–H groups in total. The van der Waals surface area contributed by atoms with Gasteiger partial charge >= 0.3 is 6.09 Å². The number of benzene rings is 2. The summed E-state index contributed by atoms with van der Waals surface area (Å²) in [5.74, 6) is -0.229. The van der Waals surface area contributed by atoms with Gasteiger partial charge in [-0.25, -0.2) is 4.79 Å². The Morgan fingerprint density at radius 2 is 1.89 bits per heavy atom. The zero-order chi connectivity index (χ0) is 20.1. The molecule has 1 aliphatic heterocycles. The van der Waals surface area contributed by atoms with Crippen molar-refractivity contribution in [2.75, 3.05) is 0 Å². The molecule has 0 radical (unpaired) electrons. The third kappa shape index (κ3) is 5.13. The number of thioether (sulfide) groups is 1. The second kappa shape index (κ2) is 8.93. The first-order valence-corrected chi connectivity index (χ1v) is 10.0. The van der Waals surface area contributed by atoms with Crippen molar-refractivity contribution < 1.29 is 19.5 Å². The van der Waals surface area contributed by atoms with Crippen LogP contribution in [0.5, 0.6) is 0 Å². The number of rotatable bonds is 7. The van der Waals surface area contributed by atoms with E-state index in [-0.39, 0.29) is 22.4 Å². The highest BCUT2D eigenvalue weighted by Crippen LogP contribution is 2.25. The molecule has 6 nitrogen and oxygen atoms in total. The Balaban J connectivity index is 1.69. The molecule has 28 heavy (non-hydrogen) atoms. The fourth-order valence-corrected chi connectivity index (χ4v) is 4.07. The summed E-state index contributed by atoms with van der Waals surface area (Å²) in [6, 6.07) is 15.9. The van der Waals surface area contributed by atoms with Gasteiger partial charge < -0.3 is 10.4 Å². The molecular formula is C21H22N2O4S. The first kappa shape index (κ1) is 19.9. The topological polar surface area (TPSA) is 95.5 Å². The number of amides is 3. The zero-order valence-electron chi connectivity index (χ0n) is 15.5. The van der Waals surface area contributed by atoms with Gasteiger partial charge in [0, 0.05) is 6.04 Å². The van der Waals surface area contributed by atoms with E-state index in [2.05, 4.69) is 16.7 Å². The lowest BCUT2D eigenvalue weighted by molar-refractivity contribution is -0.118. The van der Waals surface area contributed by atoms with Crippen LogP contribution in [0.1, 0.15) is 24.5 Å². The van der Waals surface area contributed by atoms with E-state index in [0.29, 0.717) is 12.8 Å². The first-order valence-electron chi connectivity index (χ1n) is 9.13. The monoisotopic (exact) mass is 398 g/mol. The van der Waals surface area contributed by atoms with Crippen LogP contribution >= 0.6 is 11.8 Å². The lowest BCUT2D eigenvalue weighted by Crippen LogP contribution is -2.34. The highest BCUT2D eigenvalue weighted by Gasteiger charge is 2.31. The van der Waals surface area contributed by atoms with Crippen molar-refractivity contribution in [2.24, 2.45) is 0 Å². The van der Waals surface area contributed by atoms with Gasteiger partial charge in [0.25, 0.3) is 5.24 Å². The number of imide groups is 1. The van der Waals surface area contributed by atoms with Crippen molar-refractivity contribution >= 4 is 29.0 Å². The molecule has 2 unspecified atom stereocenters. The van der Waals surface area contributed by atoms with Crippen LogP contribution in [0.15, 0.2) is 48.5 Å². The normalized spacial score (nSPS) is 17.2. The van der Waals surface area contributed by atoms with E-state index >= 15 is 0 Å².